The van der Waals surface area contributed by atoms with E-state index >= 15 is 0 Å². The van der Waals surface area contributed by atoms with Crippen LogP contribution < -0.4 is 4.74 Å². The summed E-state index contributed by atoms with van der Waals surface area (Å²) in [6.07, 6.45) is 28.8. The molecule has 182 valence electrons. The molecule has 0 aliphatic carbocycles. The molecular formula is C30H46N2O. The molecule has 2 rings (SSSR count). The van der Waals surface area contributed by atoms with E-state index in [4.69, 9.17) is 4.74 Å². The number of hydrogen-bond donors (Lipinski definition) is 0. The van der Waals surface area contributed by atoms with Crippen LogP contribution in [-0.2, 0) is 6.42 Å². The highest BCUT2D eigenvalue weighted by atomic mass is 16.5. The van der Waals surface area contributed by atoms with Gasteiger partial charge in [-0.25, -0.2) is 9.97 Å². The zero-order valence-corrected chi connectivity index (χ0v) is 21.2. The second-order valence-electron chi connectivity index (χ2n) is 9.21. The van der Waals surface area contributed by atoms with Crippen LogP contribution in [0.25, 0.3) is 11.4 Å². The van der Waals surface area contributed by atoms with Gasteiger partial charge < -0.3 is 4.74 Å². The maximum absolute atomic E-state index is 5.74. The van der Waals surface area contributed by atoms with Gasteiger partial charge in [0.25, 0.3) is 0 Å². The average molecular weight is 451 g/mol. The van der Waals surface area contributed by atoms with Gasteiger partial charge in [0.1, 0.15) is 5.75 Å². The molecule has 0 saturated carbocycles. The van der Waals surface area contributed by atoms with Gasteiger partial charge in [-0.1, -0.05) is 90.9 Å². The summed E-state index contributed by atoms with van der Waals surface area (Å²) in [6, 6.07) is 8.04. The predicted octanol–water partition coefficient (Wildman–Crippen LogP) is 9.47. The summed E-state index contributed by atoms with van der Waals surface area (Å²) in [7, 11) is 0. The van der Waals surface area contributed by atoms with Crippen LogP contribution >= 0.6 is 0 Å². The van der Waals surface area contributed by atoms with Gasteiger partial charge in [-0.05, 0) is 61.6 Å². The fraction of sp³-hybridized carbons (Fsp3) is 0.600. The fourth-order valence-corrected chi connectivity index (χ4v) is 4.02. The minimum atomic E-state index is 0.777. The first-order chi connectivity index (χ1) is 16.3. The molecule has 0 fully saturated rings. The van der Waals surface area contributed by atoms with E-state index in [0.717, 1.165) is 30.0 Å². The number of benzene rings is 1. The van der Waals surface area contributed by atoms with Crippen molar-refractivity contribution in [3.8, 4) is 17.1 Å². The Bertz CT molecular complexity index is 737. The van der Waals surface area contributed by atoms with Crippen LogP contribution in [0.1, 0.15) is 116 Å². The van der Waals surface area contributed by atoms with Crippen LogP contribution in [0.4, 0.5) is 0 Å². The lowest BCUT2D eigenvalue weighted by Gasteiger charge is -2.05. The lowest BCUT2D eigenvalue weighted by atomic mass is 10.1. The second-order valence-corrected chi connectivity index (χ2v) is 9.21. The lowest BCUT2D eigenvalue weighted by molar-refractivity contribution is 0.477. The third-order valence-electron chi connectivity index (χ3n) is 6.16. The zero-order chi connectivity index (χ0) is 23.4. The van der Waals surface area contributed by atoms with E-state index in [1.807, 2.05) is 42.9 Å². The van der Waals surface area contributed by atoms with Crippen LogP contribution in [0.5, 0.6) is 5.75 Å². The van der Waals surface area contributed by atoms with E-state index in [0.29, 0.717) is 0 Å². The van der Waals surface area contributed by atoms with Crippen LogP contribution in [0.3, 0.4) is 0 Å². The molecule has 1 heterocycles. The summed E-state index contributed by atoms with van der Waals surface area (Å²) >= 11 is 0. The summed E-state index contributed by atoms with van der Waals surface area (Å²) in [6.45, 7) is 4.53. The SMILES string of the molecule is CCCCCCCCC/C=C\Oc1ccc(-c2ncc(CCCCCCCCC)cn2)cc1. The van der Waals surface area contributed by atoms with Gasteiger partial charge in [0.15, 0.2) is 5.82 Å². The minimum Gasteiger partial charge on any atom is -0.465 e. The monoisotopic (exact) mass is 450 g/mol. The van der Waals surface area contributed by atoms with Gasteiger partial charge >= 0.3 is 0 Å². The largest absolute Gasteiger partial charge is 0.465 e. The maximum Gasteiger partial charge on any atom is 0.159 e. The smallest absolute Gasteiger partial charge is 0.159 e. The van der Waals surface area contributed by atoms with E-state index in [-0.39, 0.29) is 0 Å². The molecule has 0 atom stereocenters. The van der Waals surface area contributed by atoms with Gasteiger partial charge in [0.05, 0.1) is 6.26 Å². The lowest BCUT2D eigenvalue weighted by Crippen LogP contribution is -1.93. The molecule has 3 nitrogen and oxygen atoms in total. The molecule has 0 saturated heterocycles. The Morgan fingerprint density at radius 1 is 0.667 bits per heavy atom. The van der Waals surface area contributed by atoms with Gasteiger partial charge in [0.2, 0.25) is 0 Å². The Kier molecular flexibility index (Phi) is 15.0. The molecule has 1 aromatic heterocycles. The quantitative estimate of drug-likeness (QED) is 0.158. The first-order valence-electron chi connectivity index (χ1n) is 13.6. The molecule has 0 amide bonds. The number of hydrogen-bond acceptors (Lipinski definition) is 3. The molecule has 3 heteroatoms. The number of unbranched alkanes of at least 4 members (excludes halogenated alkanes) is 13. The van der Waals surface area contributed by atoms with Crippen molar-refractivity contribution in [2.45, 2.75) is 117 Å². The van der Waals surface area contributed by atoms with Crippen molar-refractivity contribution < 1.29 is 4.74 Å². The summed E-state index contributed by atoms with van der Waals surface area (Å²) in [4.78, 5) is 9.16. The van der Waals surface area contributed by atoms with Crippen molar-refractivity contribution in [3.05, 3.63) is 54.6 Å². The van der Waals surface area contributed by atoms with E-state index in [1.165, 1.54) is 95.5 Å². The molecule has 1 aromatic carbocycles. The Hall–Kier alpha value is -2.16. The van der Waals surface area contributed by atoms with Gasteiger partial charge in [-0.15, -0.1) is 0 Å². The highest BCUT2D eigenvalue weighted by Gasteiger charge is 2.03. The van der Waals surface area contributed by atoms with Gasteiger partial charge in [-0.3, -0.25) is 0 Å². The highest BCUT2D eigenvalue weighted by molar-refractivity contribution is 5.55. The predicted molar refractivity (Wildman–Crippen MR) is 142 cm³/mol. The van der Waals surface area contributed by atoms with Crippen molar-refractivity contribution in [2.24, 2.45) is 0 Å². The molecule has 0 radical (unpaired) electrons. The number of rotatable bonds is 19. The fourth-order valence-electron chi connectivity index (χ4n) is 4.02. The van der Waals surface area contributed by atoms with Crippen LogP contribution in [0, 0.1) is 0 Å². The van der Waals surface area contributed by atoms with Crippen LogP contribution in [-0.4, -0.2) is 9.97 Å². The van der Waals surface area contributed by atoms with E-state index < -0.39 is 0 Å². The molecule has 0 N–H and O–H groups in total. The van der Waals surface area contributed by atoms with Crippen LogP contribution in [0.15, 0.2) is 49.0 Å². The van der Waals surface area contributed by atoms with E-state index in [9.17, 15) is 0 Å². The van der Waals surface area contributed by atoms with Gasteiger partial charge in [0, 0.05) is 18.0 Å². The molecule has 0 unspecified atom stereocenters. The minimum absolute atomic E-state index is 0.777. The van der Waals surface area contributed by atoms with Crippen molar-refractivity contribution in [2.75, 3.05) is 0 Å². The summed E-state index contributed by atoms with van der Waals surface area (Å²) in [5.74, 6) is 1.63. The number of nitrogens with zero attached hydrogens (tertiary/aromatic N) is 2. The van der Waals surface area contributed by atoms with Crippen molar-refractivity contribution in [3.63, 3.8) is 0 Å². The Labute approximate surface area is 203 Å². The Morgan fingerprint density at radius 3 is 1.82 bits per heavy atom. The first-order valence-corrected chi connectivity index (χ1v) is 13.6. The summed E-state index contributed by atoms with van der Waals surface area (Å²) in [5.41, 5.74) is 2.26. The van der Waals surface area contributed by atoms with E-state index in [1.54, 1.807) is 0 Å². The number of aromatic nitrogens is 2. The molecule has 0 aliphatic rings. The van der Waals surface area contributed by atoms with E-state index in [2.05, 4.69) is 29.9 Å². The number of ether oxygens (including phenoxy) is 1. The molecule has 2 aromatic rings. The molecule has 33 heavy (non-hydrogen) atoms. The summed E-state index contributed by atoms with van der Waals surface area (Å²) < 4.78 is 5.74. The summed E-state index contributed by atoms with van der Waals surface area (Å²) in [5, 5.41) is 0. The molecular weight excluding hydrogens is 404 g/mol. The normalized spacial score (nSPS) is 11.3. The number of aryl methyl sites for hydroxylation is 1. The molecule has 0 spiro atoms. The molecule has 0 bridgehead atoms. The zero-order valence-electron chi connectivity index (χ0n) is 21.2. The Balaban J connectivity index is 1.62. The maximum atomic E-state index is 5.74. The third-order valence-corrected chi connectivity index (χ3v) is 6.16. The number of allylic oxidation sites excluding steroid dienone is 1. The van der Waals surface area contributed by atoms with Crippen molar-refractivity contribution >= 4 is 0 Å². The first kappa shape index (κ1) is 27.1. The topological polar surface area (TPSA) is 35.0 Å². The van der Waals surface area contributed by atoms with Gasteiger partial charge in [-0.2, -0.15) is 0 Å². The molecule has 0 aliphatic heterocycles. The van der Waals surface area contributed by atoms with Crippen LogP contribution in [0.2, 0.25) is 0 Å². The average Bonchev–Trinajstić information content (AvgIpc) is 2.85. The second kappa shape index (κ2) is 18.3. The van der Waals surface area contributed by atoms with Crippen molar-refractivity contribution in [1.82, 2.24) is 9.97 Å². The highest BCUT2D eigenvalue weighted by Crippen LogP contribution is 2.20. The van der Waals surface area contributed by atoms with Crippen molar-refractivity contribution in [1.29, 1.82) is 0 Å². The standard InChI is InChI=1S/C30H46N2O/c1-3-5-7-9-11-12-14-16-18-24-33-29-22-20-28(21-23-29)30-31-25-27(26-32-30)19-17-15-13-10-8-6-4-2/h18,20-26H,3-17,19H2,1-2H3/b24-18-. The third kappa shape index (κ3) is 12.6. The Morgan fingerprint density at radius 2 is 1.21 bits per heavy atom.